The minimum Gasteiger partial charge on any atom is -0.427 e. The summed E-state index contributed by atoms with van der Waals surface area (Å²) in [4.78, 5) is 0. The summed E-state index contributed by atoms with van der Waals surface area (Å²) in [6.07, 6.45) is 2.84. The molecule has 0 aliphatic carbocycles. The molecule has 0 aromatic heterocycles. The van der Waals surface area contributed by atoms with Crippen molar-refractivity contribution in [3.63, 3.8) is 0 Å². The van der Waals surface area contributed by atoms with Crippen LogP contribution in [-0.4, -0.2) is 134 Å². The van der Waals surface area contributed by atoms with E-state index in [1.165, 1.54) is 104 Å². The summed E-state index contributed by atoms with van der Waals surface area (Å²) in [6, 6.07) is 46.6. The van der Waals surface area contributed by atoms with Crippen molar-refractivity contribution in [2.75, 3.05) is 53.4 Å². The molecule has 5 fully saturated rings. The maximum atomic E-state index is 13.2. The van der Waals surface area contributed by atoms with Crippen LogP contribution in [0.3, 0.4) is 0 Å². The number of hydrogen-bond acceptors (Lipinski definition) is 21. The number of halogens is 16. The van der Waals surface area contributed by atoms with Gasteiger partial charge in [-0.05, 0) is 435 Å². The molecular formula is C86H98B8BrF8I7O21. The molecule has 9 aromatic carbocycles. The Labute approximate surface area is 868 Å². The molecular weight excluding hydrogens is 2580 g/mol. The van der Waals surface area contributed by atoms with Crippen LogP contribution in [0.25, 0.3) is 0 Å². The van der Waals surface area contributed by atoms with Gasteiger partial charge in [0.1, 0.15) is 46.5 Å². The molecule has 0 radical (unpaired) electrons. The summed E-state index contributed by atoms with van der Waals surface area (Å²) < 4.78 is 219. The van der Waals surface area contributed by atoms with Crippen LogP contribution in [0, 0.1) is 71.5 Å². The van der Waals surface area contributed by atoms with E-state index in [1.807, 2.05) is 78.7 Å². The Balaban J connectivity index is 0.000000206. The fourth-order valence-electron chi connectivity index (χ4n) is 11.0. The highest BCUT2D eigenvalue weighted by Gasteiger charge is 2.53. The highest BCUT2D eigenvalue weighted by atomic mass is 127. The molecule has 0 spiro atoms. The minimum atomic E-state index is -0.820. The monoisotopic (exact) mass is 2670 g/mol. The van der Waals surface area contributed by atoms with Gasteiger partial charge in [0.2, 0.25) is 0 Å². The van der Waals surface area contributed by atoms with E-state index in [9.17, 15) is 35.1 Å². The van der Waals surface area contributed by atoms with Crippen molar-refractivity contribution >= 4 is 232 Å². The van der Waals surface area contributed by atoms with E-state index in [0.717, 1.165) is 98.8 Å². The van der Waals surface area contributed by atoms with Crippen LogP contribution in [0.5, 0.6) is 0 Å². The summed E-state index contributed by atoms with van der Waals surface area (Å²) in [6.45, 7) is 23.3. The van der Waals surface area contributed by atoms with E-state index in [1.54, 1.807) is 62.5 Å². The summed E-state index contributed by atoms with van der Waals surface area (Å²) in [5, 5.41) is 8.86. The largest absolute Gasteiger partial charge is 0.640 e. The Morgan fingerprint density at radius 2 is 0.664 bits per heavy atom. The lowest BCUT2D eigenvalue weighted by Crippen LogP contribution is -2.41. The molecule has 5 aliphatic rings. The van der Waals surface area contributed by atoms with Gasteiger partial charge in [-0.1, -0.05) is 46.3 Å². The van der Waals surface area contributed by atoms with Gasteiger partial charge in [-0.3, -0.25) is 0 Å². The fraction of sp³-hybridized carbons (Fsp3) is 0.372. The third kappa shape index (κ3) is 45.0. The Morgan fingerprint density at radius 3 is 1.01 bits per heavy atom. The predicted molar refractivity (Wildman–Crippen MR) is 551 cm³/mol. The van der Waals surface area contributed by atoms with E-state index in [-0.39, 0.29) is 99.4 Å². The summed E-state index contributed by atoms with van der Waals surface area (Å²) in [7, 11) is -3.10. The second-order valence-electron chi connectivity index (χ2n) is 29.9. The quantitative estimate of drug-likeness (QED) is 0.0275. The zero-order valence-corrected chi connectivity index (χ0v) is 90.1. The first-order chi connectivity index (χ1) is 62.4. The van der Waals surface area contributed by atoms with E-state index in [2.05, 4.69) is 174 Å². The Bertz CT molecular complexity index is 4860. The van der Waals surface area contributed by atoms with Crippen molar-refractivity contribution in [2.45, 2.75) is 158 Å². The van der Waals surface area contributed by atoms with Gasteiger partial charge in [0, 0.05) is 69.1 Å². The molecule has 704 valence electrons. The highest BCUT2D eigenvalue weighted by Crippen LogP contribution is 2.38. The highest BCUT2D eigenvalue weighted by molar-refractivity contribution is 14.1. The summed E-state index contributed by atoms with van der Waals surface area (Å²) >= 11 is 18.3. The summed E-state index contributed by atoms with van der Waals surface area (Å²) in [5.41, 5.74) is 6.56. The van der Waals surface area contributed by atoms with Gasteiger partial charge in [-0.25, -0.2) is 35.1 Å². The van der Waals surface area contributed by atoms with E-state index in [4.69, 9.17) is 98.1 Å². The SMILES string of the molecule is CB(O)OCc1cc(F)ccc1I.CB(OCc1cc(F)ccc1I)OC(C)C.CC1(C)OB(OCc2cc(F)ccc2I)OC1(C)C.COB(C)OCc1cc(F)ccc1I.Fc1ccc(Br)c(COB2OCCCCO2)c1.Fc1ccc(I)c(COB2OCC(c3ccccc3)O2)c1.Fc1ccc(I)c(COB2OCCCO2)c1.Fc1ccc(I)c(COB2OCCO2)c1. The van der Waals surface area contributed by atoms with Gasteiger partial charge in [0.25, 0.3) is 0 Å². The molecule has 0 amide bonds. The second kappa shape index (κ2) is 62.1. The third-order valence-electron chi connectivity index (χ3n) is 18.7. The van der Waals surface area contributed by atoms with Gasteiger partial charge < -0.3 is 98.1 Å². The van der Waals surface area contributed by atoms with Crippen LogP contribution in [-0.2, 0) is 146 Å². The van der Waals surface area contributed by atoms with Crippen molar-refractivity contribution in [3.05, 3.63) is 302 Å². The molecule has 21 nitrogen and oxygen atoms in total. The molecule has 5 aliphatic heterocycles. The van der Waals surface area contributed by atoms with Gasteiger partial charge in [-0.2, -0.15) is 0 Å². The topological polar surface area (TPSA) is 205 Å². The Kier molecular flexibility index (Phi) is 54.8. The van der Waals surface area contributed by atoms with Crippen molar-refractivity contribution in [3.8, 4) is 0 Å². The van der Waals surface area contributed by atoms with Gasteiger partial charge in [-0.15, -0.1) is 0 Å². The third-order valence-corrected chi connectivity index (χ3v) is 26.8. The molecule has 5 saturated heterocycles. The van der Waals surface area contributed by atoms with Crippen LogP contribution in [0.4, 0.5) is 35.1 Å². The van der Waals surface area contributed by atoms with E-state index < -0.39 is 54.9 Å². The molecule has 5 heterocycles. The lowest BCUT2D eigenvalue weighted by molar-refractivity contribution is 0.00578. The van der Waals surface area contributed by atoms with Crippen molar-refractivity contribution in [2.24, 2.45) is 0 Å². The molecule has 0 bridgehead atoms. The van der Waals surface area contributed by atoms with Gasteiger partial charge >= 0.3 is 58.0 Å². The zero-order chi connectivity index (χ0) is 95.6. The van der Waals surface area contributed by atoms with Crippen LogP contribution in [0.1, 0.15) is 117 Å². The molecule has 1 N–H and O–H groups in total. The first kappa shape index (κ1) is 116. The minimum absolute atomic E-state index is 0.122. The van der Waals surface area contributed by atoms with Crippen LogP contribution in [0.2, 0.25) is 20.5 Å². The average Bonchev–Trinajstić information content (AvgIpc) is 1.64. The lowest BCUT2D eigenvalue weighted by Gasteiger charge is -2.31. The summed E-state index contributed by atoms with van der Waals surface area (Å²) in [5.74, 6) is -2.12. The van der Waals surface area contributed by atoms with Gasteiger partial charge in [0.05, 0.1) is 90.0 Å². The Hall–Kier alpha value is -2.31. The second-order valence-corrected chi connectivity index (χ2v) is 38.9. The number of benzene rings is 9. The zero-order valence-electron chi connectivity index (χ0n) is 73.4. The van der Waals surface area contributed by atoms with E-state index >= 15 is 0 Å². The number of rotatable bonds is 28. The molecule has 1 unspecified atom stereocenters. The van der Waals surface area contributed by atoms with Gasteiger partial charge in [0.15, 0.2) is 0 Å². The molecule has 131 heavy (non-hydrogen) atoms. The number of hydrogen-bond donors (Lipinski definition) is 1. The normalized spacial score (nSPS) is 15.4. The predicted octanol–water partition coefficient (Wildman–Crippen LogP) is 22.8. The first-order valence-corrected chi connectivity index (χ1v) is 49.4. The molecule has 14 rings (SSSR count). The molecule has 9 aromatic rings. The van der Waals surface area contributed by atoms with Crippen molar-refractivity contribution in [1.82, 2.24) is 0 Å². The standard InChI is InChI=1S/C15H13BFIO3.C13H17BFIO3.C11H13BBrFO3.C11H15BFIO2.C10H11BFIO3.C9H9BFIO3.C9H11BFIO2.C8H9BFIO2/c17-13-6-7-14(18)12(8-13)9-19-16-20-10-15(21-16)11-4-2-1-3-5-11;1-12(2)13(3,4)19-14(18-12)17-8-9-7-10(15)5-6-11(9)16;13-11-4-3-10(14)7-9(11)8-17-12-15-5-1-2-6-16-12;1-8(2)16-12(3)15-7-9-6-10(13)4-5-11(9)14;12-9-2-3-10(13)8(6-9)7-16-11-14-4-1-5-15-11;11-8-1-2-9(12)7(5-8)6-15-10-13-3-4-14-10;1-10(13-2)14-6-7-5-8(11)3-4-9(7)12;1-9(12)13-5-6-4-7(10)2-3-8(6)11/h1-8,15H,9-10H2;5-7H,8H2,1-4H3;3-4,7H,1-2,5-6,8H2;4-6,8H,7H2,1-3H3;2-3,6H,1,4-5,7H2;1-2,5H,3-4,6H2;3-5H,6H2,1-2H3;2-4,12H,5H2,1H3. The lowest BCUT2D eigenvalue weighted by atomic mass is 9.90. The van der Waals surface area contributed by atoms with E-state index in [0.29, 0.717) is 72.7 Å². The maximum absolute atomic E-state index is 13.2. The van der Waals surface area contributed by atoms with Crippen molar-refractivity contribution < 1.29 is 133 Å². The maximum Gasteiger partial charge on any atom is 0.640 e. The molecule has 45 heteroatoms. The fourth-order valence-corrected chi connectivity index (χ4v) is 14.8. The Morgan fingerprint density at radius 1 is 0.374 bits per heavy atom. The van der Waals surface area contributed by atoms with Crippen molar-refractivity contribution in [1.29, 1.82) is 0 Å². The van der Waals surface area contributed by atoms with Crippen LogP contribution < -0.4 is 0 Å². The smallest absolute Gasteiger partial charge is 0.427 e. The molecule has 1 atom stereocenters. The average molecular weight is 2670 g/mol. The van der Waals surface area contributed by atoms with Crippen LogP contribution in [0.15, 0.2) is 180 Å². The first-order valence-electron chi connectivity index (χ1n) is 41.1. The molecule has 0 saturated carbocycles. The van der Waals surface area contributed by atoms with Crippen LogP contribution >= 0.6 is 174 Å².